The second-order valence-electron chi connectivity index (χ2n) is 8.22. The maximum Gasteiger partial charge on any atom is 0.416 e. The van der Waals surface area contributed by atoms with E-state index in [1.807, 2.05) is 41.8 Å². The van der Waals surface area contributed by atoms with E-state index in [0.29, 0.717) is 17.0 Å². The molecule has 0 saturated heterocycles. The molecule has 0 spiro atoms. The highest BCUT2D eigenvalue weighted by Gasteiger charge is 2.30. The predicted molar refractivity (Wildman–Crippen MR) is 131 cm³/mol. The number of halogens is 4. The average molecular weight is 497 g/mol. The van der Waals surface area contributed by atoms with E-state index in [1.165, 1.54) is 18.2 Å². The van der Waals surface area contributed by atoms with Crippen LogP contribution >= 0.6 is 0 Å². The number of oxime groups is 1. The molecule has 4 aromatic rings. The summed E-state index contributed by atoms with van der Waals surface area (Å²) >= 11 is 0. The number of rotatable bonds is 7. The van der Waals surface area contributed by atoms with Crippen LogP contribution in [0.25, 0.3) is 16.9 Å². The molecule has 4 rings (SSSR count). The third-order valence-corrected chi connectivity index (χ3v) is 5.79. The summed E-state index contributed by atoms with van der Waals surface area (Å²) in [7, 11) is 1.59. The molecule has 1 heterocycles. The van der Waals surface area contributed by atoms with Crippen molar-refractivity contribution in [3.63, 3.8) is 0 Å². The molecule has 0 fully saturated rings. The zero-order valence-electron chi connectivity index (χ0n) is 19.9. The van der Waals surface area contributed by atoms with Gasteiger partial charge in [0.05, 0.1) is 24.1 Å². The number of hydrogen-bond acceptors (Lipinski definition) is 3. The highest BCUT2D eigenvalue weighted by atomic mass is 19.4. The summed E-state index contributed by atoms with van der Waals surface area (Å²) in [5.74, 6) is 0.381. The van der Waals surface area contributed by atoms with E-state index in [0.717, 1.165) is 40.3 Å². The standard InChI is InChI=1S/C28H24F4N2O2/c1-18(33-36-17-20-5-4-6-22(15-20)28(30,31)32)26-16-27(21-7-9-23(29)10-8-21)34(19(26)2)24-11-13-25(35-3)14-12-24/h4-16H,17H2,1-3H3/b33-18+. The highest BCUT2D eigenvalue weighted by Crippen LogP contribution is 2.32. The summed E-state index contributed by atoms with van der Waals surface area (Å²) in [6.45, 7) is 3.59. The van der Waals surface area contributed by atoms with Crippen molar-refractivity contribution in [3.05, 3.63) is 107 Å². The van der Waals surface area contributed by atoms with Crippen LogP contribution in [0.4, 0.5) is 17.6 Å². The van der Waals surface area contributed by atoms with Gasteiger partial charge >= 0.3 is 6.18 Å². The Bertz CT molecular complexity index is 1370. The number of hydrogen-bond donors (Lipinski definition) is 0. The summed E-state index contributed by atoms with van der Waals surface area (Å²) in [6.07, 6.45) is -4.42. The summed E-state index contributed by atoms with van der Waals surface area (Å²) in [4.78, 5) is 5.41. The van der Waals surface area contributed by atoms with Crippen LogP contribution in [0.2, 0.25) is 0 Å². The molecule has 8 heteroatoms. The van der Waals surface area contributed by atoms with Crippen molar-refractivity contribution in [1.29, 1.82) is 0 Å². The van der Waals surface area contributed by atoms with E-state index < -0.39 is 11.7 Å². The first kappa shape index (κ1) is 25.0. The third-order valence-electron chi connectivity index (χ3n) is 5.79. The van der Waals surface area contributed by atoms with Crippen LogP contribution in [0.15, 0.2) is 84.0 Å². The summed E-state index contributed by atoms with van der Waals surface area (Å²) in [5.41, 5.74) is 4.32. The van der Waals surface area contributed by atoms with Gasteiger partial charge in [-0.1, -0.05) is 17.3 Å². The lowest BCUT2D eigenvalue weighted by molar-refractivity contribution is -0.137. The summed E-state index contributed by atoms with van der Waals surface area (Å²) in [5, 5.41) is 4.17. The van der Waals surface area contributed by atoms with Gasteiger partial charge in [-0.3, -0.25) is 0 Å². The number of benzene rings is 3. The van der Waals surface area contributed by atoms with E-state index in [4.69, 9.17) is 9.57 Å². The third kappa shape index (κ3) is 5.43. The smallest absolute Gasteiger partial charge is 0.416 e. The quantitative estimate of drug-likeness (QED) is 0.150. The molecule has 0 unspecified atom stereocenters. The Morgan fingerprint density at radius 1 is 0.944 bits per heavy atom. The van der Waals surface area contributed by atoms with Crippen molar-refractivity contribution < 1.29 is 27.1 Å². The Labute approximate surface area is 206 Å². The molecule has 0 saturated carbocycles. The SMILES string of the molecule is COc1ccc(-n2c(-c3ccc(F)cc3)cc(/C(C)=N/OCc3cccc(C(F)(F)F)c3)c2C)cc1. The molecule has 0 aliphatic heterocycles. The minimum atomic E-state index is -4.42. The lowest BCUT2D eigenvalue weighted by atomic mass is 10.1. The Morgan fingerprint density at radius 2 is 1.64 bits per heavy atom. The fraction of sp³-hybridized carbons (Fsp3) is 0.179. The maximum atomic E-state index is 13.6. The molecule has 36 heavy (non-hydrogen) atoms. The Hall–Kier alpha value is -4.07. The van der Waals surface area contributed by atoms with Crippen LogP contribution in [-0.2, 0) is 17.6 Å². The van der Waals surface area contributed by atoms with Gasteiger partial charge in [-0.15, -0.1) is 0 Å². The summed E-state index contributed by atoms with van der Waals surface area (Å²) < 4.78 is 59.8. The van der Waals surface area contributed by atoms with Gasteiger partial charge in [0.25, 0.3) is 0 Å². The van der Waals surface area contributed by atoms with Crippen LogP contribution in [-0.4, -0.2) is 17.4 Å². The molecular weight excluding hydrogens is 472 g/mol. The van der Waals surface area contributed by atoms with E-state index in [9.17, 15) is 17.6 Å². The molecule has 0 aliphatic rings. The molecule has 0 atom stereocenters. The molecule has 0 amide bonds. The van der Waals surface area contributed by atoms with Crippen molar-refractivity contribution in [2.75, 3.05) is 7.11 Å². The average Bonchev–Trinajstić information content (AvgIpc) is 3.21. The molecule has 3 aromatic carbocycles. The van der Waals surface area contributed by atoms with Crippen LogP contribution < -0.4 is 4.74 Å². The second kappa shape index (κ2) is 10.3. The van der Waals surface area contributed by atoms with Gasteiger partial charge in [0, 0.05) is 16.9 Å². The van der Waals surface area contributed by atoms with Crippen molar-refractivity contribution >= 4 is 5.71 Å². The first-order chi connectivity index (χ1) is 17.2. The molecule has 0 radical (unpaired) electrons. The molecule has 4 nitrogen and oxygen atoms in total. The van der Waals surface area contributed by atoms with Crippen molar-refractivity contribution in [2.24, 2.45) is 5.16 Å². The van der Waals surface area contributed by atoms with Crippen LogP contribution in [0.5, 0.6) is 5.75 Å². The van der Waals surface area contributed by atoms with Gasteiger partial charge < -0.3 is 14.1 Å². The molecule has 0 aliphatic carbocycles. The van der Waals surface area contributed by atoms with E-state index >= 15 is 0 Å². The first-order valence-electron chi connectivity index (χ1n) is 11.1. The van der Waals surface area contributed by atoms with Gasteiger partial charge in [-0.2, -0.15) is 13.2 Å². The fourth-order valence-corrected chi connectivity index (χ4v) is 3.96. The lowest BCUT2D eigenvalue weighted by Gasteiger charge is -2.13. The van der Waals surface area contributed by atoms with Crippen molar-refractivity contribution in [2.45, 2.75) is 26.6 Å². The van der Waals surface area contributed by atoms with Crippen molar-refractivity contribution in [1.82, 2.24) is 4.57 Å². The number of ether oxygens (including phenoxy) is 1. The number of methoxy groups -OCH3 is 1. The second-order valence-corrected chi connectivity index (χ2v) is 8.22. The van der Waals surface area contributed by atoms with Crippen molar-refractivity contribution in [3.8, 4) is 22.7 Å². The molecule has 1 aromatic heterocycles. The lowest BCUT2D eigenvalue weighted by Crippen LogP contribution is -2.05. The molecule has 0 bridgehead atoms. The van der Waals surface area contributed by atoms with Gasteiger partial charge in [0.1, 0.15) is 18.2 Å². The largest absolute Gasteiger partial charge is 0.497 e. The fourth-order valence-electron chi connectivity index (χ4n) is 3.96. The topological polar surface area (TPSA) is 35.8 Å². The Kier molecular flexibility index (Phi) is 7.15. The molecule has 186 valence electrons. The Balaban J connectivity index is 1.67. The number of alkyl halides is 3. The van der Waals surface area contributed by atoms with E-state index in [2.05, 4.69) is 5.16 Å². The zero-order chi connectivity index (χ0) is 25.9. The number of aromatic nitrogens is 1. The highest BCUT2D eigenvalue weighted by molar-refractivity contribution is 6.01. The zero-order valence-corrected chi connectivity index (χ0v) is 19.9. The van der Waals surface area contributed by atoms with E-state index in [-0.39, 0.29) is 12.4 Å². The van der Waals surface area contributed by atoms with Crippen LogP contribution in [0, 0.1) is 12.7 Å². The summed E-state index contributed by atoms with van der Waals surface area (Å²) in [6, 6.07) is 20.6. The minimum Gasteiger partial charge on any atom is -0.497 e. The first-order valence-corrected chi connectivity index (χ1v) is 11.1. The normalized spacial score (nSPS) is 12.0. The molecule has 0 N–H and O–H groups in total. The molecular formula is C28H24F4N2O2. The van der Waals surface area contributed by atoms with Gasteiger partial charge in [-0.05, 0) is 91.7 Å². The van der Waals surface area contributed by atoms with Gasteiger partial charge in [0.2, 0.25) is 0 Å². The van der Waals surface area contributed by atoms with Gasteiger partial charge in [0.15, 0.2) is 0 Å². The predicted octanol–water partition coefficient (Wildman–Crippen LogP) is 7.56. The minimum absolute atomic E-state index is 0.107. The number of nitrogens with zero attached hydrogens (tertiary/aromatic N) is 2. The monoisotopic (exact) mass is 496 g/mol. The maximum absolute atomic E-state index is 13.6. The Morgan fingerprint density at radius 3 is 2.28 bits per heavy atom. The van der Waals surface area contributed by atoms with Gasteiger partial charge in [-0.25, -0.2) is 4.39 Å². The van der Waals surface area contributed by atoms with E-state index in [1.54, 1.807) is 32.2 Å². The van der Waals surface area contributed by atoms with Crippen LogP contribution in [0.1, 0.15) is 29.3 Å². The van der Waals surface area contributed by atoms with Crippen LogP contribution in [0.3, 0.4) is 0 Å².